The lowest BCUT2D eigenvalue weighted by Crippen LogP contribution is -2.48. The highest BCUT2D eigenvalue weighted by Gasteiger charge is 2.50. The molecule has 5 heteroatoms. The summed E-state index contributed by atoms with van der Waals surface area (Å²) in [6.07, 6.45) is 0.0209. The SMILES string of the molecule is CC(C)CC(NC(=O)OC(C)(C)C)C(=O)[C@]1(C)CO1. The number of alkyl carbamates (subject to hydrolysis) is 1. The summed E-state index contributed by atoms with van der Waals surface area (Å²) in [5, 5.41) is 2.66. The maximum absolute atomic E-state index is 12.3. The monoisotopic (exact) mass is 271 g/mol. The number of nitrogens with one attached hydrogen (secondary N) is 1. The molecule has 1 amide bonds. The van der Waals surface area contributed by atoms with E-state index in [1.165, 1.54) is 0 Å². The summed E-state index contributed by atoms with van der Waals surface area (Å²) in [6, 6.07) is -0.553. The van der Waals surface area contributed by atoms with Crippen molar-refractivity contribution in [1.29, 1.82) is 0 Å². The van der Waals surface area contributed by atoms with Crippen molar-refractivity contribution in [3.8, 4) is 0 Å². The number of Topliss-reactive ketones (excluding diaryl/α,β-unsaturated/α-hetero) is 1. The normalized spacial score (nSPS) is 23.9. The quantitative estimate of drug-likeness (QED) is 0.779. The highest BCUT2D eigenvalue weighted by atomic mass is 16.6. The van der Waals surface area contributed by atoms with Gasteiger partial charge in [0.15, 0.2) is 5.78 Å². The Labute approximate surface area is 115 Å². The average Bonchev–Trinajstić information content (AvgIpc) is 2.92. The zero-order chi connectivity index (χ0) is 14.8. The van der Waals surface area contributed by atoms with Crippen molar-refractivity contribution in [2.45, 2.75) is 65.2 Å². The summed E-state index contributed by atoms with van der Waals surface area (Å²) in [5.74, 6) is 0.221. The fraction of sp³-hybridized carbons (Fsp3) is 0.857. The molecule has 0 spiro atoms. The number of rotatable bonds is 5. The highest BCUT2D eigenvalue weighted by Crippen LogP contribution is 2.29. The largest absolute Gasteiger partial charge is 0.444 e. The lowest BCUT2D eigenvalue weighted by molar-refractivity contribution is -0.126. The molecule has 1 heterocycles. The highest BCUT2D eigenvalue weighted by molar-refractivity contribution is 5.95. The molecule has 0 saturated carbocycles. The Bertz CT molecular complexity index is 353. The molecular weight excluding hydrogens is 246 g/mol. The minimum absolute atomic E-state index is 0.0768. The third kappa shape index (κ3) is 5.19. The van der Waals surface area contributed by atoms with E-state index in [2.05, 4.69) is 5.32 Å². The van der Waals surface area contributed by atoms with Crippen LogP contribution in [0.4, 0.5) is 4.79 Å². The third-order valence-electron chi connectivity index (χ3n) is 2.81. The van der Waals surface area contributed by atoms with Crippen LogP contribution >= 0.6 is 0 Å². The summed E-state index contributed by atoms with van der Waals surface area (Å²) in [7, 11) is 0. The Hall–Kier alpha value is -1.10. The van der Waals surface area contributed by atoms with E-state index >= 15 is 0 Å². The number of carbonyl (C=O) groups is 2. The summed E-state index contributed by atoms with van der Waals surface area (Å²) in [4.78, 5) is 24.0. The van der Waals surface area contributed by atoms with Crippen LogP contribution in [-0.4, -0.2) is 35.7 Å². The predicted molar refractivity (Wildman–Crippen MR) is 72.0 cm³/mol. The molecule has 0 aromatic carbocycles. The van der Waals surface area contributed by atoms with Crippen LogP contribution in [0.25, 0.3) is 0 Å². The minimum atomic E-state index is -0.728. The first-order valence-corrected chi connectivity index (χ1v) is 6.71. The minimum Gasteiger partial charge on any atom is -0.444 e. The maximum Gasteiger partial charge on any atom is 0.408 e. The van der Waals surface area contributed by atoms with Crippen molar-refractivity contribution < 1.29 is 19.1 Å². The number of carbonyl (C=O) groups excluding carboxylic acids is 2. The van der Waals surface area contributed by atoms with Gasteiger partial charge in [0.05, 0.1) is 12.6 Å². The molecule has 1 N–H and O–H groups in total. The molecule has 1 fully saturated rings. The number of epoxide rings is 1. The second kappa shape index (κ2) is 5.49. The zero-order valence-corrected chi connectivity index (χ0v) is 12.7. The van der Waals surface area contributed by atoms with Crippen LogP contribution in [0.5, 0.6) is 0 Å². The Balaban J connectivity index is 2.64. The molecule has 0 bridgehead atoms. The molecule has 5 nitrogen and oxygen atoms in total. The van der Waals surface area contributed by atoms with E-state index in [0.717, 1.165) is 0 Å². The van der Waals surface area contributed by atoms with E-state index < -0.39 is 23.3 Å². The number of ether oxygens (including phenoxy) is 2. The van der Waals surface area contributed by atoms with E-state index in [1.807, 2.05) is 13.8 Å². The van der Waals surface area contributed by atoms with E-state index in [1.54, 1.807) is 27.7 Å². The third-order valence-corrected chi connectivity index (χ3v) is 2.81. The van der Waals surface area contributed by atoms with Gasteiger partial charge in [0.2, 0.25) is 0 Å². The average molecular weight is 271 g/mol. The van der Waals surface area contributed by atoms with Crippen molar-refractivity contribution in [2.75, 3.05) is 6.61 Å². The smallest absolute Gasteiger partial charge is 0.408 e. The molecule has 1 aliphatic rings. The maximum atomic E-state index is 12.3. The van der Waals surface area contributed by atoms with Gasteiger partial charge in [-0.1, -0.05) is 13.8 Å². The van der Waals surface area contributed by atoms with Crippen LogP contribution in [0.3, 0.4) is 0 Å². The molecule has 1 saturated heterocycles. The molecule has 0 aromatic heterocycles. The standard InChI is InChI=1S/C14H25NO4/c1-9(2)7-10(11(16)14(6)8-18-14)15-12(17)19-13(3,4)5/h9-10H,7-8H2,1-6H3,(H,15,17)/t10?,14-/m0/s1. The van der Waals surface area contributed by atoms with Gasteiger partial charge in [-0.2, -0.15) is 0 Å². The lowest BCUT2D eigenvalue weighted by Gasteiger charge is -2.24. The molecule has 110 valence electrons. The van der Waals surface area contributed by atoms with Gasteiger partial charge in [0.25, 0.3) is 0 Å². The van der Waals surface area contributed by atoms with E-state index in [0.29, 0.717) is 18.9 Å². The van der Waals surface area contributed by atoms with Gasteiger partial charge >= 0.3 is 6.09 Å². The number of hydrogen-bond donors (Lipinski definition) is 1. The predicted octanol–water partition coefficient (Wildman–Crippen LogP) is 2.28. The lowest BCUT2D eigenvalue weighted by atomic mass is 9.93. The fourth-order valence-electron chi connectivity index (χ4n) is 1.77. The van der Waals surface area contributed by atoms with Gasteiger partial charge in [-0.15, -0.1) is 0 Å². The van der Waals surface area contributed by atoms with Crippen molar-refractivity contribution in [3.63, 3.8) is 0 Å². The summed E-state index contributed by atoms with van der Waals surface area (Å²) in [5.41, 5.74) is -1.30. The van der Waals surface area contributed by atoms with Crippen LogP contribution in [0.15, 0.2) is 0 Å². The molecule has 1 unspecified atom stereocenters. The first-order chi connectivity index (χ1) is 8.53. The van der Waals surface area contributed by atoms with Gasteiger partial charge in [0, 0.05) is 0 Å². The summed E-state index contributed by atoms with van der Waals surface area (Å²) < 4.78 is 10.4. The number of amides is 1. The summed E-state index contributed by atoms with van der Waals surface area (Å²) >= 11 is 0. The van der Waals surface area contributed by atoms with Gasteiger partial charge < -0.3 is 14.8 Å². The first-order valence-electron chi connectivity index (χ1n) is 6.71. The van der Waals surface area contributed by atoms with E-state index in [4.69, 9.17) is 9.47 Å². The first kappa shape index (κ1) is 16.0. The molecule has 19 heavy (non-hydrogen) atoms. The second-order valence-electron chi connectivity index (χ2n) is 6.71. The van der Waals surface area contributed by atoms with Gasteiger partial charge in [-0.3, -0.25) is 4.79 Å². The second-order valence-corrected chi connectivity index (χ2v) is 6.71. The number of hydrogen-bond acceptors (Lipinski definition) is 4. The molecule has 0 radical (unpaired) electrons. The zero-order valence-electron chi connectivity index (χ0n) is 12.7. The van der Waals surface area contributed by atoms with Gasteiger partial charge in [0.1, 0.15) is 11.2 Å². The van der Waals surface area contributed by atoms with Crippen molar-refractivity contribution in [1.82, 2.24) is 5.32 Å². The molecule has 1 aliphatic heterocycles. The van der Waals surface area contributed by atoms with Crippen LogP contribution in [0, 0.1) is 5.92 Å². The Morgan fingerprint density at radius 2 is 1.89 bits per heavy atom. The number of ketones is 1. The van der Waals surface area contributed by atoms with Gasteiger partial charge in [-0.25, -0.2) is 4.79 Å². The topological polar surface area (TPSA) is 67.9 Å². The van der Waals surface area contributed by atoms with Crippen LogP contribution in [0.2, 0.25) is 0 Å². The molecular formula is C14H25NO4. The van der Waals surface area contributed by atoms with E-state index in [9.17, 15) is 9.59 Å². The van der Waals surface area contributed by atoms with E-state index in [-0.39, 0.29) is 5.78 Å². The molecule has 1 rings (SSSR count). The van der Waals surface area contributed by atoms with Gasteiger partial charge in [-0.05, 0) is 40.0 Å². The molecule has 0 aromatic rings. The van der Waals surface area contributed by atoms with Crippen LogP contribution in [0.1, 0.15) is 48.0 Å². The van der Waals surface area contributed by atoms with Crippen LogP contribution < -0.4 is 5.32 Å². The van der Waals surface area contributed by atoms with Crippen molar-refractivity contribution >= 4 is 11.9 Å². The summed E-state index contributed by atoms with van der Waals surface area (Å²) in [6.45, 7) is 11.6. The Morgan fingerprint density at radius 1 is 1.37 bits per heavy atom. The fourth-order valence-corrected chi connectivity index (χ4v) is 1.77. The van der Waals surface area contributed by atoms with Crippen LogP contribution in [-0.2, 0) is 14.3 Å². The Morgan fingerprint density at radius 3 is 2.26 bits per heavy atom. The van der Waals surface area contributed by atoms with Crippen molar-refractivity contribution in [2.24, 2.45) is 5.92 Å². The molecule has 0 aliphatic carbocycles. The Kier molecular flexibility index (Phi) is 4.61. The molecule has 2 atom stereocenters. The van der Waals surface area contributed by atoms with Crippen molar-refractivity contribution in [3.05, 3.63) is 0 Å².